The lowest BCUT2D eigenvalue weighted by atomic mass is 10.1. The van der Waals surface area contributed by atoms with Crippen molar-refractivity contribution in [3.63, 3.8) is 0 Å². The molecule has 0 spiro atoms. The monoisotopic (exact) mass is 297 g/mol. The second kappa shape index (κ2) is 6.24. The Morgan fingerprint density at radius 2 is 2.00 bits per heavy atom. The lowest BCUT2D eigenvalue weighted by molar-refractivity contribution is 0.607. The van der Waals surface area contributed by atoms with Crippen LogP contribution < -0.4 is 5.32 Å². The second-order valence-corrected chi connectivity index (χ2v) is 6.06. The number of hydrogen-bond acceptors (Lipinski definition) is 3. The van der Waals surface area contributed by atoms with Gasteiger partial charge >= 0.3 is 0 Å². The van der Waals surface area contributed by atoms with Crippen LogP contribution in [0.2, 0.25) is 0 Å². The fraction of sp³-hybridized carbons (Fsp3) is 0.235. The molecule has 2 aromatic heterocycles. The summed E-state index contributed by atoms with van der Waals surface area (Å²) in [5.74, 6) is 0. The Labute approximate surface area is 129 Å². The van der Waals surface area contributed by atoms with Crippen LogP contribution in [0.15, 0.2) is 54.0 Å². The largest absolute Gasteiger partial charge is 0.305 e. The molecule has 0 bridgehead atoms. The van der Waals surface area contributed by atoms with Crippen molar-refractivity contribution >= 4 is 11.3 Å². The van der Waals surface area contributed by atoms with E-state index in [0.29, 0.717) is 0 Å². The number of aryl methyl sites for hydroxylation is 1. The third-order valence-corrected chi connectivity index (χ3v) is 4.41. The van der Waals surface area contributed by atoms with E-state index in [2.05, 4.69) is 48.8 Å². The molecule has 3 aromatic rings. The van der Waals surface area contributed by atoms with Crippen molar-refractivity contribution in [2.75, 3.05) is 6.54 Å². The van der Waals surface area contributed by atoms with Gasteiger partial charge in [0, 0.05) is 11.1 Å². The van der Waals surface area contributed by atoms with E-state index in [0.717, 1.165) is 17.9 Å². The number of nitrogens with one attached hydrogen (secondary N) is 1. The summed E-state index contributed by atoms with van der Waals surface area (Å²) in [6.07, 6.45) is 2.02. The van der Waals surface area contributed by atoms with Gasteiger partial charge in [-0.2, -0.15) is 5.10 Å². The van der Waals surface area contributed by atoms with Crippen LogP contribution in [-0.2, 0) is 0 Å². The molecule has 3 nitrogen and oxygen atoms in total. The highest BCUT2D eigenvalue weighted by molar-refractivity contribution is 7.10. The van der Waals surface area contributed by atoms with Crippen LogP contribution in [-0.4, -0.2) is 16.3 Å². The molecule has 1 atom stereocenters. The van der Waals surface area contributed by atoms with Crippen molar-refractivity contribution in [3.05, 3.63) is 70.2 Å². The topological polar surface area (TPSA) is 29.9 Å². The zero-order valence-corrected chi connectivity index (χ0v) is 13.1. The van der Waals surface area contributed by atoms with Crippen molar-refractivity contribution in [1.29, 1.82) is 0 Å². The molecule has 1 aromatic carbocycles. The summed E-state index contributed by atoms with van der Waals surface area (Å²) in [4.78, 5) is 1.34. The SMILES string of the molecule is CCNC(c1ccn(-c2ccccc2)n1)c1ccsc1C. The van der Waals surface area contributed by atoms with Crippen molar-refractivity contribution < 1.29 is 0 Å². The Kier molecular flexibility index (Phi) is 4.18. The predicted octanol–water partition coefficient (Wildman–Crippen LogP) is 3.94. The Balaban J connectivity index is 1.95. The number of nitrogens with zero attached hydrogens (tertiary/aromatic N) is 2. The molecule has 4 heteroatoms. The van der Waals surface area contributed by atoms with Crippen LogP contribution in [0.5, 0.6) is 0 Å². The molecule has 0 aliphatic rings. The standard InChI is InChI=1S/C17H19N3S/c1-3-18-17(15-10-12-21-13(15)2)16-9-11-20(19-16)14-7-5-4-6-8-14/h4-12,17-18H,3H2,1-2H3. The van der Waals surface area contributed by atoms with Gasteiger partial charge in [0.2, 0.25) is 0 Å². The van der Waals surface area contributed by atoms with Gasteiger partial charge in [-0.25, -0.2) is 4.68 Å². The van der Waals surface area contributed by atoms with Gasteiger partial charge in [0.15, 0.2) is 0 Å². The lowest BCUT2D eigenvalue weighted by Crippen LogP contribution is -2.22. The molecule has 0 saturated heterocycles. The van der Waals surface area contributed by atoms with E-state index < -0.39 is 0 Å². The highest BCUT2D eigenvalue weighted by atomic mass is 32.1. The molecule has 21 heavy (non-hydrogen) atoms. The quantitative estimate of drug-likeness (QED) is 0.773. The maximum atomic E-state index is 4.76. The first kappa shape index (κ1) is 14.0. The molecule has 108 valence electrons. The maximum Gasteiger partial charge on any atom is 0.0844 e. The highest BCUT2D eigenvalue weighted by Crippen LogP contribution is 2.27. The minimum absolute atomic E-state index is 0.159. The number of aromatic nitrogens is 2. The number of rotatable bonds is 5. The minimum Gasteiger partial charge on any atom is -0.305 e. The minimum atomic E-state index is 0.159. The first-order valence-electron chi connectivity index (χ1n) is 7.18. The van der Waals surface area contributed by atoms with E-state index in [9.17, 15) is 0 Å². The van der Waals surface area contributed by atoms with Crippen LogP contribution in [0, 0.1) is 6.92 Å². The summed E-state index contributed by atoms with van der Waals surface area (Å²) in [5, 5.41) is 10.4. The van der Waals surface area contributed by atoms with Gasteiger partial charge in [0.1, 0.15) is 0 Å². The first-order chi connectivity index (χ1) is 10.3. The normalized spacial score (nSPS) is 12.5. The molecular weight excluding hydrogens is 278 g/mol. The van der Waals surface area contributed by atoms with Crippen LogP contribution in [0.1, 0.15) is 29.1 Å². The summed E-state index contributed by atoms with van der Waals surface area (Å²) < 4.78 is 1.93. The maximum absolute atomic E-state index is 4.76. The first-order valence-corrected chi connectivity index (χ1v) is 8.06. The average molecular weight is 297 g/mol. The van der Waals surface area contributed by atoms with E-state index in [4.69, 9.17) is 5.10 Å². The smallest absolute Gasteiger partial charge is 0.0844 e. The van der Waals surface area contributed by atoms with Crippen LogP contribution in [0.4, 0.5) is 0 Å². The van der Waals surface area contributed by atoms with Gasteiger partial charge in [-0.15, -0.1) is 11.3 Å². The Hall–Kier alpha value is -1.91. The predicted molar refractivity (Wildman–Crippen MR) is 88.1 cm³/mol. The molecule has 0 aliphatic heterocycles. The summed E-state index contributed by atoms with van der Waals surface area (Å²) in [5.41, 5.74) is 3.46. The second-order valence-electron chi connectivity index (χ2n) is 4.94. The third kappa shape index (κ3) is 2.91. The van der Waals surface area contributed by atoms with E-state index in [1.54, 1.807) is 11.3 Å². The van der Waals surface area contributed by atoms with Gasteiger partial charge in [0.25, 0.3) is 0 Å². The van der Waals surface area contributed by atoms with Crippen molar-refractivity contribution in [1.82, 2.24) is 15.1 Å². The van der Waals surface area contributed by atoms with Gasteiger partial charge in [-0.1, -0.05) is 25.1 Å². The number of para-hydroxylation sites is 1. The summed E-state index contributed by atoms with van der Waals surface area (Å²) in [7, 11) is 0. The van der Waals surface area contributed by atoms with Crippen molar-refractivity contribution in [2.24, 2.45) is 0 Å². The molecule has 0 amide bonds. The van der Waals surface area contributed by atoms with Crippen molar-refractivity contribution in [2.45, 2.75) is 19.9 Å². The van der Waals surface area contributed by atoms with Crippen molar-refractivity contribution in [3.8, 4) is 5.69 Å². The molecule has 0 aliphatic carbocycles. The summed E-state index contributed by atoms with van der Waals surface area (Å²) in [6.45, 7) is 5.21. The molecule has 1 unspecified atom stereocenters. The Morgan fingerprint density at radius 1 is 1.19 bits per heavy atom. The van der Waals surface area contributed by atoms with Gasteiger partial charge < -0.3 is 5.32 Å². The summed E-state index contributed by atoms with van der Waals surface area (Å²) in [6, 6.07) is 14.6. The zero-order valence-electron chi connectivity index (χ0n) is 12.3. The molecule has 0 radical (unpaired) electrons. The fourth-order valence-electron chi connectivity index (χ4n) is 2.49. The van der Waals surface area contributed by atoms with Gasteiger partial charge in [-0.3, -0.25) is 0 Å². The molecule has 0 fully saturated rings. The summed E-state index contributed by atoms with van der Waals surface area (Å²) >= 11 is 1.78. The molecular formula is C17H19N3S. The average Bonchev–Trinajstić information content (AvgIpc) is 3.15. The number of thiophene rings is 1. The number of benzene rings is 1. The van der Waals surface area contributed by atoms with Gasteiger partial charge in [0.05, 0.1) is 17.4 Å². The molecule has 1 N–H and O–H groups in total. The van der Waals surface area contributed by atoms with Crippen LogP contribution >= 0.6 is 11.3 Å². The van der Waals surface area contributed by atoms with E-state index in [-0.39, 0.29) is 6.04 Å². The van der Waals surface area contributed by atoms with E-state index in [1.807, 2.05) is 29.1 Å². The molecule has 2 heterocycles. The zero-order chi connectivity index (χ0) is 14.7. The molecule has 3 rings (SSSR count). The van der Waals surface area contributed by atoms with Gasteiger partial charge in [-0.05, 0) is 48.7 Å². The molecule has 0 saturated carbocycles. The van der Waals surface area contributed by atoms with Crippen LogP contribution in [0.25, 0.3) is 5.69 Å². The lowest BCUT2D eigenvalue weighted by Gasteiger charge is -2.15. The van der Waals surface area contributed by atoms with E-state index >= 15 is 0 Å². The third-order valence-electron chi connectivity index (χ3n) is 3.54. The number of hydrogen-bond donors (Lipinski definition) is 1. The Morgan fingerprint density at radius 3 is 2.67 bits per heavy atom. The Bertz CT molecular complexity index is 700. The highest BCUT2D eigenvalue weighted by Gasteiger charge is 2.18. The van der Waals surface area contributed by atoms with Crippen LogP contribution in [0.3, 0.4) is 0 Å². The van der Waals surface area contributed by atoms with E-state index in [1.165, 1.54) is 10.4 Å². The fourth-order valence-corrected chi connectivity index (χ4v) is 3.23.